The number of anilines is 1. The van der Waals surface area contributed by atoms with Crippen molar-refractivity contribution in [3.05, 3.63) is 42.5 Å². The van der Waals surface area contributed by atoms with Crippen LogP contribution in [0, 0.1) is 5.82 Å². The number of halogens is 4. The van der Waals surface area contributed by atoms with Gasteiger partial charge in [-0.3, -0.25) is 4.79 Å². The molecule has 1 aromatic heterocycles. The Bertz CT molecular complexity index is 860. The van der Waals surface area contributed by atoms with E-state index in [1.807, 2.05) is 0 Å². The Hall–Kier alpha value is -2.75. The Labute approximate surface area is 164 Å². The van der Waals surface area contributed by atoms with Crippen LogP contribution in [0.15, 0.2) is 36.7 Å². The molecule has 29 heavy (non-hydrogen) atoms. The summed E-state index contributed by atoms with van der Waals surface area (Å²) in [5.41, 5.74) is 1.25. The van der Waals surface area contributed by atoms with Crippen LogP contribution in [0.3, 0.4) is 0 Å². The number of alkyl halides is 3. The van der Waals surface area contributed by atoms with Crippen molar-refractivity contribution < 1.29 is 27.1 Å². The summed E-state index contributed by atoms with van der Waals surface area (Å²) < 4.78 is 54.7. The fourth-order valence-electron chi connectivity index (χ4n) is 3.01. The summed E-state index contributed by atoms with van der Waals surface area (Å²) in [5, 5.41) is 2.97. The molecular weight excluding hydrogens is 392 g/mol. The first-order valence-electron chi connectivity index (χ1n) is 8.97. The van der Waals surface area contributed by atoms with E-state index >= 15 is 0 Å². The van der Waals surface area contributed by atoms with Gasteiger partial charge >= 0.3 is 6.18 Å². The Kier molecular flexibility index (Phi) is 6.02. The molecule has 0 saturated carbocycles. The van der Waals surface area contributed by atoms with Crippen LogP contribution in [0.5, 0.6) is 0 Å². The van der Waals surface area contributed by atoms with Crippen LogP contribution in [-0.2, 0) is 9.53 Å². The van der Waals surface area contributed by atoms with Gasteiger partial charge in [0.1, 0.15) is 30.6 Å². The van der Waals surface area contributed by atoms with Crippen molar-refractivity contribution in [1.29, 1.82) is 0 Å². The highest BCUT2D eigenvalue weighted by molar-refractivity contribution is 5.85. The van der Waals surface area contributed by atoms with Gasteiger partial charge in [-0.05, 0) is 38.1 Å². The average molecular weight is 412 g/mol. The minimum absolute atomic E-state index is 0.104. The Morgan fingerprint density at radius 1 is 1.31 bits per heavy atom. The van der Waals surface area contributed by atoms with E-state index < -0.39 is 31.0 Å². The lowest BCUT2D eigenvalue weighted by Crippen LogP contribution is -2.64. The van der Waals surface area contributed by atoms with Crippen LogP contribution >= 0.6 is 0 Å². The lowest BCUT2D eigenvalue weighted by Gasteiger charge is -2.46. The molecule has 1 N–H and O–H groups in total. The molecule has 3 rings (SSSR count). The van der Waals surface area contributed by atoms with E-state index in [0.717, 1.165) is 0 Å². The highest BCUT2D eigenvalue weighted by Crippen LogP contribution is 2.26. The van der Waals surface area contributed by atoms with E-state index in [0.29, 0.717) is 17.1 Å². The van der Waals surface area contributed by atoms with Crippen LogP contribution in [0.1, 0.15) is 13.8 Å². The summed E-state index contributed by atoms with van der Waals surface area (Å²) in [6.45, 7) is 2.06. The second kappa shape index (κ2) is 8.32. The van der Waals surface area contributed by atoms with Gasteiger partial charge in [0.15, 0.2) is 0 Å². The molecule has 1 aliphatic heterocycles. The second-order valence-electron chi connectivity index (χ2n) is 6.86. The molecule has 0 radical (unpaired) electrons. The van der Waals surface area contributed by atoms with Crippen LogP contribution in [0.4, 0.5) is 23.4 Å². The number of nitrogens with zero attached hydrogens (tertiary/aromatic N) is 3. The smallest absolute Gasteiger partial charge is 0.365 e. The number of amides is 1. The van der Waals surface area contributed by atoms with Crippen molar-refractivity contribution >= 4 is 11.7 Å². The monoisotopic (exact) mass is 412 g/mol. The normalized spacial score (nSPS) is 20.1. The first-order valence-corrected chi connectivity index (χ1v) is 8.97. The maximum absolute atomic E-state index is 13.1. The predicted molar refractivity (Wildman–Crippen MR) is 97.5 cm³/mol. The molecule has 1 saturated heterocycles. The van der Waals surface area contributed by atoms with Gasteiger partial charge in [0, 0.05) is 18.2 Å². The third-order valence-electron chi connectivity index (χ3n) is 4.69. The van der Waals surface area contributed by atoms with Gasteiger partial charge < -0.3 is 15.0 Å². The molecule has 0 bridgehead atoms. The number of benzene rings is 1. The van der Waals surface area contributed by atoms with Gasteiger partial charge in [0.25, 0.3) is 0 Å². The fraction of sp³-hybridized carbons (Fsp3) is 0.421. The highest BCUT2D eigenvalue weighted by Gasteiger charge is 2.42. The van der Waals surface area contributed by atoms with Crippen LogP contribution in [0.2, 0.25) is 0 Å². The standard InChI is InChI=1S/C19H20F4N4O2/c1-11(18(28)27-8-16(12(27)2)29-9-19(21,22)23)26-17-7-15(24-10-25-17)13-3-5-14(20)6-4-13/h3-7,10-12,16H,8-9H2,1-2H3,(H,24,25,26)/t11-,12+,16-/m1/s1. The largest absolute Gasteiger partial charge is 0.411 e. The first-order chi connectivity index (χ1) is 13.6. The van der Waals surface area contributed by atoms with Crippen molar-refractivity contribution in [2.75, 3.05) is 18.5 Å². The van der Waals surface area contributed by atoms with Crippen LogP contribution in [0.25, 0.3) is 11.3 Å². The molecule has 1 aliphatic rings. The summed E-state index contributed by atoms with van der Waals surface area (Å²) in [6, 6.07) is 6.33. The van der Waals surface area contributed by atoms with Crippen molar-refractivity contribution in [1.82, 2.24) is 14.9 Å². The number of hydrogen-bond acceptors (Lipinski definition) is 5. The molecular formula is C19H20F4N4O2. The lowest BCUT2D eigenvalue weighted by atomic mass is 9.99. The zero-order valence-electron chi connectivity index (χ0n) is 15.8. The SMILES string of the molecule is C[C@@H](Nc1cc(-c2ccc(F)cc2)ncn1)C(=O)N1C[C@@H](OCC(F)(F)F)[C@@H]1C. The molecule has 1 aromatic carbocycles. The van der Waals surface area contributed by atoms with Gasteiger partial charge in [-0.2, -0.15) is 13.2 Å². The molecule has 1 amide bonds. The predicted octanol–water partition coefficient (Wildman–Crippen LogP) is 3.26. The molecule has 6 nitrogen and oxygen atoms in total. The number of aromatic nitrogens is 2. The van der Waals surface area contributed by atoms with Gasteiger partial charge in [0.05, 0.1) is 17.8 Å². The molecule has 0 spiro atoms. The van der Waals surface area contributed by atoms with E-state index in [1.165, 1.54) is 23.4 Å². The number of likely N-dealkylation sites (tertiary alicyclic amines) is 1. The van der Waals surface area contributed by atoms with Gasteiger partial charge in [-0.1, -0.05) is 0 Å². The van der Waals surface area contributed by atoms with Crippen molar-refractivity contribution in [3.63, 3.8) is 0 Å². The van der Waals surface area contributed by atoms with Crippen molar-refractivity contribution in [3.8, 4) is 11.3 Å². The van der Waals surface area contributed by atoms with Gasteiger partial charge in [-0.15, -0.1) is 0 Å². The molecule has 10 heteroatoms. The summed E-state index contributed by atoms with van der Waals surface area (Å²) in [6.07, 6.45) is -3.71. The number of carbonyl (C=O) groups is 1. The van der Waals surface area contributed by atoms with E-state index in [-0.39, 0.29) is 18.3 Å². The van der Waals surface area contributed by atoms with Crippen molar-refractivity contribution in [2.24, 2.45) is 0 Å². The van der Waals surface area contributed by atoms with E-state index in [1.54, 1.807) is 32.0 Å². The zero-order valence-corrected chi connectivity index (χ0v) is 15.8. The van der Waals surface area contributed by atoms with Crippen LogP contribution in [-0.4, -0.2) is 58.3 Å². The summed E-state index contributed by atoms with van der Waals surface area (Å²) >= 11 is 0. The zero-order chi connectivity index (χ0) is 21.2. The summed E-state index contributed by atoms with van der Waals surface area (Å²) in [4.78, 5) is 22.3. The molecule has 0 unspecified atom stereocenters. The molecule has 2 aromatic rings. The minimum atomic E-state index is -4.39. The molecule has 3 atom stereocenters. The third kappa shape index (κ3) is 5.20. The third-order valence-corrected chi connectivity index (χ3v) is 4.69. The topological polar surface area (TPSA) is 67.4 Å². The van der Waals surface area contributed by atoms with E-state index in [2.05, 4.69) is 15.3 Å². The minimum Gasteiger partial charge on any atom is -0.365 e. The molecule has 1 fully saturated rings. The summed E-state index contributed by atoms with van der Waals surface area (Å²) in [5.74, 6) is -0.230. The molecule has 2 heterocycles. The number of ether oxygens (including phenoxy) is 1. The Morgan fingerprint density at radius 2 is 2.00 bits per heavy atom. The summed E-state index contributed by atoms with van der Waals surface area (Å²) in [7, 11) is 0. The molecule has 156 valence electrons. The number of rotatable bonds is 6. The Balaban J connectivity index is 1.58. The van der Waals surface area contributed by atoms with Gasteiger partial charge in [0.2, 0.25) is 5.91 Å². The van der Waals surface area contributed by atoms with Gasteiger partial charge in [-0.25, -0.2) is 14.4 Å². The van der Waals surface area contributed by atoms with Crippen LogP contribution < -0.4 is 5.32 Å². The maximum Gasteiger partial charge on any atom is 0.411 e. The number of nitrogens with one attached hydrogen (secondary N) is 1. The maximum atomic E-state index is 13.1. The number of carbonyl (C=O) groups excluding carboxylic acids is 1. The lowest BCUT2D eigenvalue weighted by molar-refractivity contribution is -0.209. The quantitative estimate of drug-likeness (QED) is 0.738. The molecule has 0 aliphatic carbocycles. The van der Waals surface area contributed by atoms with E-state index in [9.17, 15) is 22.4 Å². The van der Waals surface area contributed by atoms with Crippen molar-refractivity contribution in [2.45, 2.75) is 38.2 Å². The average Bonchev–Trinajstić information content (AvgIpc) is 2.66. The fourth-order valence-corrected chi connectivity index (χ4v) is 3.01. The number of hydrogen-bond donors (Lipinski definition) is 1. The second-order valence-corrected chi connectivity index (χ2v) is 6.86. The Morgan fingerprint density at radius 3 is 2.62 bits per heavy atom. The van der Waals surface area contributed by atoms with E-state index in [4.69, 9.17) is 4.74 Å². The highest BCUT2D eigenvalue weighted by atomic mass is 19.4. The first kappa shape index (κ1) is 21.0.